The van der Waals surface area contributed by atoms with E-state index in [1.165, 1.54) is 0 Å². The zero-order valence-corrected chi connectivity index (χ0v) is 12.1. The summed E-state index contributed by atoms with van der Waals surface area (Å²) >= 11 is 0. The van der Waals surface area contributed by atoms with E-state index in [0.29, 0.717) is 12.4 Å². The average Bonchev–Trinajstić information content (AvgIpc) is 2.95. The van der Waals surface area contributed by atoms with E-state index in [0.717, 1.165) is 38.2 Å². The molecule has 1 saturated heterocycles. The highest BCUT2D eigenvalue weighted by molar-refractivity contribution is 5.73. The van der Waals surface area contributed by atoms with Crippen molar-refractivity contribution >= 4 is 5.91 Å². The Morgan fingerprint density at radius 3 is 3.00 bits per heavy atom. The molecule has 0 spiro atoms. The Balaban J connectivity index is 1.99. The number of nitrogens with zero attached hydrogens (tertiary/aromatic N) is 3. The molecule has 0 unspecified atom stereocenters. The maximum absolute atomic E-state index is 11.8. The van der Waals surface area contributed by atoms with Crippen LogP contribution in [0.4, 0.5) is 0 Å². The van der Waals surface area contributed by atoms with E-state index >= 15 is 0 Å². The normalized spacial score (nSPS) is 19.8. The van der Waals surface area contributed by atoms with Gasteiger partial charge in [0.2, 0.25) is 11.8 Å². The maximum atomic E-state index is 11.8. The van der Waals surface area contributed by atoms with E-state index in [1.807, 2.05) is 11.8 Å². The summed E-state index contributed by atoms with van der Waals surface area (Å²) in [7, 11) is 0. The quantitative estimate of drug-likeness (QED) is 0.815. The lowest BCUT2D eigenvalue weighted by atomic mass is 10.2. The average molecular weight is 265 g/mol. The van der Waals surface area contributed by atoms with Crippen LogP contribution >= 0.6 is 0 Å². The first-order chi connectivity index (χ1) is 9.10. The Morgan fingerprint density at radius 2 is 2.42 bits per heavy atom. The van der Waals surface area contributed by atoms with Crippen LogP contribution in [0.3, 0.4) is 0 Å². The van der Waals surface area contributed by atoms with Crippen LogP contribution in [0, 0.1) is 6.92 Å². The van der Waals surface area contributed by atoms with Crippen molar-refractivity contribution in [1.82, 2.24) is 14.8 Å². The Morgan fingerprint density at radius 1 is 1.63 bits per heavy atom. The minimum absolute atomic E-state index is 0.0965. The highest BCUT2D eigenvalue weighted by Gasteiger charge is 2.29. The second-order valence-electron chi connectivity index (χ2n) is 5.25. The molecule has 1 aromatic rings. The molecular weight excluding hydrogens is 242 g/mol. The lowest BCUT2D eigenvalue weighted by Gasteiger charge is -2.27. The molecule has 1 amide bonds. The van der Waals surface area contributed by atoms with Crippen LogP contribution in [0.15, 0.2) is 10.6 Å². The van der Waals surface area contributed by atoms with E-state index < -0.39 is 0 Å². The molecule has 5 heteroatoms. The summed E-state index contributed by atoms with van der Waals surface area (Å²) in [5.41, 5.74) is 0. The summed E-state index contributed by atoms with van der Waals surface area (Å²) in [6.45, 7) is 9.31. The van der Waals surface area contributed by atoms with Crippen molar-refractivity contribution in [2.75, 3.05) is 19.6 Å². The molecule has 1 aromatic heterocycles. The largest absolute Gasteiger partial charge is 0.444 e. The monoisotopic (exact) mass is 265 g/mol. The van der Waals surface area contributed by atoms with Gasteiger partial charge in [0.1, 0.15) is 5.76 Å². The molecule has 1 aliphatic heterocycles. The van der Waals surface area contributed by atoms with Crippen LogP contribution in [-0.2, 0) is 11.3 Å². The third kappa shape index (κ3) is 3.56. The molecule has 19 heavy (non-hydrogen) atoms. The van der Waals surface area contributed by atoms with Crippen molar-refractivity contribution < 1.29 is 9.21 Å². The Labute approximate surface area is 114 Å². The van der Waals surface area contributed by atoms with E-state index in [1.54, 1.807) is 13.1 Å². The van der Waals surface area contributed by atoms with Gasteiger partial charge in [-0.05, 0) is 26.3 Å². The van der Waals surface area contributed by atoms with Gasteiger partial charge >= 0.3 is 0 Å². The smallest absolute Gasteiger partial charge is 0.220 e. The zero-order valence-electron chi connectivity index (χ0n) is 12.1. The van der Waals surface area contributed by atoms with Gasteiger partial charge in [0.15, 0.2) is 0 Å². The van der Waals surface area contributed by atoms with E-state index in [9.17, 15) is 4.79 Å². The number of oxazole rings is 1. The number of aryl methyl sites for hydroxylation is 1. The fraction of sp³-hybridized carbons (Fsp3) is 0.714. The second-order valence-corrected chi connectivity index (χ2v) is 5.25. The van der Waals surface area contributed by atoms with Crippen molar-refractivity contribution in [2.24, 2.45) is 0 Å². The van der Waals surface area contributed by atoms with Crippen LogP contribution in [0.25, 0.3) is 0 Å². The SMILES string of the molecule is CCCN1CC[C@@H](N(Cc2ncc(C)o2)C(C)=O)C1. The number of hydrogen-bond donors (Lipinski definition) is 0. The molecule has 0 radical (unpaired) electrons. The van der Waals surface area contributed by atoms with Gasteiger partial charge in [-0.3, -0.25) is 4.79 Å². The molecular formula is C14H23N3O2. The Kier molecular flexibility index (Phi) is 4.58. The second kappa shape index (κ2) is 6.19. The molecule has 106 valence electrons. The van der Waals surface area contributed by atoms with Crippen molar-refractivity contribution in [3.05, 3.63) is 17.8 Å². The fourth-order valence-corrected chi connectivity index (χ4v) is 2.70. The van der Waals surface area contributed by atoms with Gasteiger partial charge < -0.3 is 14.2 Å². The lowest BCUT2D eigenvalue weighted by molar-refractivity contribution is -0.132. The van der Waals surface area contributed by atoms with Crippen molar-refractivity contribution in [3.8, 4) is 0 Å². The first-order valence-electron chi connectivity index (χ1n) is 7.01. The summed E-state index contributed by atoms with van der Waals surface area (Å²) in [6, 6.07) is 0.288. The molecule has 0 bridgehead atoms. The molecule has 1 fully saturated rings. The molecule has 2 rings (SSSR count). The zero-order chi connectivity index (χ0) is 13.8. The van der Waals surface area contributed by atoms with Crippen molar-refractivity contribution in [3.63, 3.8) is 0 Å². The molecule has 5 nitrogen and oxygen atoms in total. The molecule has 0 aromatic carbocycles. The highest BCUT2D eigenvalue weighted by atomic mass is 16.4. The fourth-order valence-electron chi connectivity index (χ4n) is 2.70. The summed E-state index contributed by atoms with van der Waals surface area (Å²) in [4.78, 5) is 20.3. The number of amides is 1. The Bertz CT molecular complexity index is 430. The van der Waals surface area contributed by atoms with Crippen LogP contribution in [0.1, 0.15) is 38.3 Å². The van der Waals surface area contributed by atoms with Crippen LogP contribution < -0.4 is 0 Å². The Hall–Kier alpha value is -1.36. The molecule has 2 heterocycles. The molecule has 1 aliphatic rings. The van der Waals surface area contributed by atoms with Crippen LogP contribution in [0.5, 0.6) is 0 Å². The minimum atomic E-state index is 0.0965. The van der Waals surface area contributed by atoms with Crippen molar-refractivity contribution in [1.29, 1.82) is 0 Å². The molecule has 1 atom stereocenters. The summed E-state index contributed by atoms with van der Waals surface area (Å²) < 4.78 is 5.48. The van der Waals surface area contributed by atoms with E-state index in [4.69, 9.17) is 4.42 Å². The predicted molar refractivity (Wildman–Crippen MR) is 72.6 cm³/mol. The third-order valence-corrected chi connectivity index (χ3v) is 3.61. The van der Waals surface area contributed by atoms with E-state index in [-0.39, 0.29) is 11.9 Å². The summed E-state index contributed by atoms with van der Waals surface area (Å²) in [6.07, 6.45) is 3.90. The van der Waals surface area contributed by atoms with Gasteiger partial charge in [-0.1, -0.05) is 6.92 Å². The molecule has 0 aliphatic carbocycles. The lowest BCUT2D eigenvalue weighted by Crippen LogP contribution is -2.40. The predicted octanol–water partition coefficient (Wildman–Crippen LogP) is 1.82. The van der Waals surface area contributed by atoms with Gasteiger partial charge in [0, 0.05) is 26.1 Å². The topological polar surface area (TPSA) is 49.6 Å². The number of hydrogen-bond acceptors (Lipinski definition) is 4. The standard InChI is InChI=1S/C14H23N3O2/c1-4-6-16-7-5-13(9-16)17(12(3)18)10-14-15-8-11(2)19-14/h8,13H,4-7,9-10H2,1-3H3/t13-/m1/s1. The minimum Gasteiger partial charge on any atom is -0.444 e. The summed E-state index contributed by atoms with van der Waals surface area (Å²) in [5.74, 6) is 1.51. The maximum Gasteiger partial charge on any atom is 0.220 e. The number of aromatic nitrogens is 1. The summed E-state index contributed by atoms with van der Waals surface area (Å²) in [5, 5.41) is 0. The van der Waals surface area contributed by atoms with Gasteiger partial charge in [-0.15, -0.1) is 0 Å². The number of carbonyl (C=O) groups excluding carboxylic acids is 1. The van der Waals surface area contributed by atoms with Gasteiger partial charge in [0.25, 0.3) is 0 Å². The van der Waals surface area contributed by atoms with Crippen molar-refractivity contribution in [2.45, 2.75) is 46.2 Å². The van der Waals surface area contributed by atoms with E-state index in [2.05, 4.69) is 16.8 Å². The first kappa shape index (κ1) is 14.1. The van der Waals surface area contributed by atoms with Gasteiger partial charge in [0.05, 0.1) is 12.7 Å². The van der Waals surface area contributed by atoms with Crippen LogP contribution in [-0.4, -0.2) is 46.4 Å². The molecule has 0 saturated carbocycles. The number of carbonyl (C=O) groups is 1. The van der Waals surface area contributed by atoms with Gasteiger partial charge in [-0.2, -0.15) is 0 Å². The third-order valence-electron chi connectivity index (χ3n) is 3.61. The van der Waals surface area contributed by atoms with Crippen LogP contribution in [0.2, 0.25) is 0 Å². The molecule has 0 N–H and O–H groups in total. The number of likely N-dealkylation sites (tertiary alicyclic amines) is 1. The first-order valence-corrected chi connectivity index (χ1v) is 7.01. The van der Waals surface area contributed by atoms with Gasteiger partial charge in [-0.25, -0.2) is 4.98 Å². The number of rotatable bonds is 5. The highest BCUT2D eigenvalue weighted by Crippen LogP contribution is 2.18.